The molecule has 0 radical (unpaired) electrons. The minimum atomic E-state index is 0.0553. The van der Waals surface area contributed by atoms with Crippen LogP contribution in [0.25, 0.3) is 10.8 Å². The van der Waals surface area contributed by atoms with E-state index in [1.807, 2.05) is 6.07 Å². The highest BCUT2D eigenvalue weighted by Gasteiger charge is 2.32. The van der Waals surface area contributed by atoms with Crippen molar-refractivity contribution in [1.82, 2.24) is 0 Å². The van der Waals surface area contributed by atoms with E-state index in [1.54, 1.807) is 0 Å². The number of hydrogen-bond donors (Lipinski definition) is 1. The lowest BCUT2D eigenvalue weighted by Crippen LogP contribution is -2.27. The average Bonchev–Trinajstić information content (AvgIpc) is 2.46. The van der Waals surface area contributed by atoms with E-state index < -0.39 is 0 Å². The lowest BCUT2D eigenvalue weighted by atomic mass is 9.68. The predicted molar refractivity (Wildman–Crippen MR) is 89.7 cm³/mol. The summed E-state index contributed by atoms with van der Waals surface area (Å²) in [7, 11) is 0. The van der Waals surface area contributed by atoms with Crippen molar-refractivity contribution >= 4 is 16.5 Å². The molecular formula is C20H19N. The molecule has 1 heteroatoms. The summed E-state index contributed by atoms with van der Waals surface area (Å²) in [5, 5.41) is 2.58. The fourth-order valence-electron chi connectivity index (χ4n) is 3.81. The van der Waals surface area contributed by atoms with Crippen molar-refractivity contribution < 1.29 is 0 Å². The molecule has 1 aliphatic carbocycles. The Morgan fingerprint density at radius 2 is 1.71 bits per heavy atom. The molecule has 0 heterocycles. The number of nitrogen functional groups attached to an aromatic ring is 1. The van der Waals surface area contributed by atoms with E-state index in [9.17, 15) is 0 Å². The van der Waals surface area contributed by atoms with Crippen LogP contribution in [-0.4, -0.2) is 0 Å². The number of nitrogens with two attached hydrogens (primary N) is 1. The third-order valence-corrected chi connectivity index (χ3v) is 4.89. The van der Waals surface area contributed by atoms with Crippen LogP contribution in [0.5, 0.6) is 0 Å². The zero-order chi connectivity index (χ0) is 14.6. The van der Waals surface area contributed by atoms with Gasteiger partial charge in [0, 0.05) is 11.1 Å². The molecule has 3 aromatic carbocycles. The van der Waals surface area contributed by atoms with Gasteiger partial charge in [0.1, 0.15) is 0 Å². The second-order valence-electron chi connectivity index (χ2n) is 6.53. The van der Waals surface area contributed by atoms with Crippen LogP contribution in [0, 0.1) is 0 Å². The molecular weight excluding hydrogens is 254 g/mol. The maximum absolute atomic E-state index is 5.93. The molecule has 0 fully saturated rings. The Labute approximate surface area is 125 Å². The van der Waals surface area contributed by atoms with Crippen LogP contribution in [0.3, 0.4) is 0 Å². The van der Waals surface area contributed by atoms with Crippen molar-refractivity contribution in [3.8, 4) is 0 Å². The van der Waals surface area contributed by atoms with E-state index >= 15 is 0 Å². The third kappa shape index (κ3) is 1.70. The van der Waals surface area contributed by atoms with Crippen LogP contribution in [0.2, 0.25) is 0 Å². The van der Waals surface area contributed by atoms with Gasteiger partial charge < -0.3 is 5.73 Å². The fraction of sp³-hybridized carbons (Fsp3) is 0.200. The van der Waals surface area contributed by atoms with Crippen molar-refractivity contribution in [3.05, 3.63) is 76.9 Å². The molecule has 0 saturated carbocycles. The van der Waals surface area contributed by atoms with E-state index in [-0.39, 0.29) is 5.41 Å². The van der Waals surface area contributed by atoms with Crippen LogP contribution in [0.4, 0.5) is 5.69 Å². The molecule has 2 N–H and O–H groups in total. The molecule has 3 aromatic rings. The summed E-state index contributed by atoms with van der Waals surface area (Å²) < 4.78 is 0. The first-order chi connectivity index (χ1) is 10.1. The van der Waals surface area contributed by atoms with Crippen molar-refractivity contribution in [3.63, 3.8) is 0 Å². The zero-order valence-electron chi connectivity index (χ0n) is 12.5. The first kappa shape index (κ1) is 12.5. The molecule has 4 rings (SSSR count). The van der Waals surface area contributed by atoms with Crippen molar-refractivity contribution in [2.75, 3.05) is 5.73 Å². The second-order valence-corrected chi connectivity index (χ2v) is 6.53. The highest BCUT2D eigenvalue weighted by Crippen LogP contribution is 2.43. The van der Waals surface area contributed by atoms with Gasteiger partial charge >= 0.3 is 0 Å². The molecule has 0 aromatic heterocycles. The Morgan fingerprint density at radius 1 is 0.905 bits per heavy atom. The van der Waals surface area contributed by atoms with Crippen LogP contribution in [-0.2, 0) is 11.8 Å². The molecule has 0 spiro atoms. The minimum Gasteiger partial charge on any atom is -0.399 e. The smallest absolute Gasteiger partial charge is 0.0320 e. The predicted octanol–water partition coefficient (Wildman–Crippen LogP) is 4.65. The summed E-state index contributed by atoms with van der Waals surface area (Å²) in [4.78, 5) is 0. The molecule has 104 valence electrons. The summed E-state index contributed by atoms with van der Waals surface area (Å²) in [5.74, 6) is 0. The molecule has 0 saturated heterocycles. The van der Waals surface area contributed by atoms with Gasteiger partial charge in [0.2, 0.25) is 0 Å². The van der Waals surface area contributed by atoms with E-state index in [2.05, 4.69) is 62.4 Å². The van der Waals surface area contributed by atoms with E-state index in [0.29, 0.717) is 0 Å². The molecule has 1 nitrogen and oxygen atoms in total. The normalized spacial score (nSPS) is 15.5. The second kappa shape index (κ2) is 4.11. The van der Waals surface area contributed by atoms with Crippen LogP contribution in [0.15, 0.2) is 54.6 Å². The Bertz CT molecular complexity index is 859. The van der Waals surface area contributed by atoms with Gasteiger partial charge in [-0.15, -0.1) is 0 Å². The highest BCUT2D eigenvalue weighted by atomic mass is 14.5. The largest absolute Gasteiger partial charge is 0.399 e. The van der Waals surface area contributed by atoms with Crippen LogP contribution >= 0.6 is 0 Å². The van der Waals surface area contributed by atoms with Crippen molar-refractivity contribution in [2.24, 2.45) is 0 Å². The first-order valence-corrected chi connectivity index (χ1v) is 7.47. The molecule has 0 bridgehead atoms. The van der Waals surface area contributed by atoms with E-state index in [1.165, 1.54) is 33.0 Å². The standard InChI is InChI=1S/C20H19N/c1-20(2)18-6-4-3-5-14(18)12-17-16-9-8-15(21)11-13(16)7-10-19(17)20/h3-11H,12,21H2,1-2H3. The summed E-state index contributed by atoms with van der Waals surface area (Å²) in [6.07, 6.45) is 1.01. The van der Waals surface area contributed by atoms with Gasteiger partial charge in [0.25, 0.3) is 0 Å². The summed E-state index contributed by atoms with van der Waals surface area (Å²) in [6.45, 7) is 4.65. The Morgan fingerprint density at radius 3 is 2.57 bits per heavy atom. The zero-order valence-corrected chi connectivity index (χ0v) is 12.5. The lowest BCUT2D eigenvalue weighted by Gasteiger charge is -2.36. The monoisotopic (exact) mass is 273 g/mol. The van der Waals surface area contributed by atoms with Gasteiger partial charge in [-0.3, -0.25) is 0 Å². The van der Waals surface area contributed by atoms with Gasteiger partial charge in [-0.1, -0.05) is 56.3 Å². The Hall–Kier alpha value is -2.28. The van der Waals surface area contributed by atoms with E-state index in [0.717, 1.165) is 12.1 Å². The quantitative estimate of drug-likeness (QED) is 0.593. The molecule has 0 amide bonds. The lowest BCUT2D eigenvalue weighted by molar-refractivity contribution is 0.612. The van der Waals surface area contributed by atoms with Crippen LogP contribution in [0.1, 0.15) is 36.1 Å². The summed E-state index contributed by atoms with van der Waals surface area (Å²) >= 11 is 0. The number of anilines is 1. The third-order valence-electron chi connectivity index (χ3n) is 4.89. The fourth-order valence-corrected chi connectivity index (χ4v) is 3.81. The maximum atomic E-state index is 5.93. The van der Waals surface area contributed by atoms with Gasteiger partial charge in [0.15, 0.2) is 0 Å². The van der Waals surface area contributed by atoms with Gasteiger partial charge in [-0.2, -0.15) is 0 Å². The molecule has 21 heavy (non-hydrogen) atoms. The van der Waals surface area contributed by atoms with Crippen LogP contribution < -0.4 is 5.73 Å². The maximum Gasteiger partial charge on any atom is 0.0320 e. The first-order valence-electron chi connectivity index (χ1n) is 7.47. The molecule has 1 aliphatic rings. The number of fused-ring (bicyclic) bond motifs is 4. The topological polar surface area (TPSA) is 26.0 Å². The van der Waals surface area contributed by atoms with E-state index in [4.69, 9.17) is 5.73 Å². The van der Waals surface area contributed by atoms with Gasteiger partial charge in [0.05, 0.1) is 0 Å². The Kier molecular flexibility index (Phi) is 2.44. The highest BCUT2D eigenvalue weighted by molar-refractivity contribution is 5.90. The molecule has 0 atom stereocenters. The molecule has 0 aliphatic heterocycles. The average molecular weight is 273 g/mol. The SMILES string of the molecule is CC1(C)c2ccccc2Cc2c1ccc1cc(N)ccc21. The van der Waals surface area contributed by atoms with Crippen molar-refractivity contribution in [2.45, 2.75) is 25.7 Å². The molecule has 0 unspecified atom stereocenters. The minimum absolute atomic E-state index is 0.0553. The Balaban J connectivity index is 2.06. The number of rotatable bonds is 0. The van der Waals surface area contributed by atoms with Gasteiger partial charge in [-0.05, 0) is 51.6 Å². The number of benzene rings is 3. The van der Waals surface area contributed by atoms with Crippen molar-refractivity contribution in [1.29, 1.82) is 0 Å². The number of hydrogen-bond acceptors (Lipinski definition) is 1. The van der Waals surface area contributed by atoms with Gasteiger partial charge in [-0.25, -0.2) is 0 Å². The summed E-state index contributed by atoms with van der Waals surface area (Å²) in [5.41, 5.74) is 12.6. The summed E-state index contributed by atoms with van der Waals surface area (Å²) in [6, 6.07) is 19.6.